The van der Waals surface area contributed by atoms with Crippen molar-refractivity contribution in [1.82, 2.24) is 10.2 Å². The van der Waals surface area contributed by atoms with Gasteiger partial charge in [-0.25, -0.2) is 9.18 Å². The fourth-order valence-electron chi connectivity index (χ4n) is 2.39. The van der Waals surface area contributed by atoms with Crippen LogP contribution in [0.4, 0.5) is 4.39 Å². The minimum atomic E-state index is -0.700. The van der Waals surface area contributed by atoms with Gasteiger partial charge in [0, 0.05) is 5.56 Å². The number of nitrogens with zero attached hydrogens (tertiary/aromatic N) is 2. The Morgan fingerprint density at radius 1 is 1.00 bits per heavy atom. The van der Waals surface area contributed by atoms with Gasteiger partial charge in [-0.15, -0.1) is 10.2 Å². The van der Waals surface area contributed by atoms with Gasteiger partial charge in [-0.1, -0.05) is 26.0 Å². The van der Waals surface area contributed by atoms with E-state index in [1.54, 1.807) is 31.2 Å². The molecule has 1 atom stereocenters. The largest absolute Gasteiger partial charge is 0.449 e. The molecule has 0 amide bonds. The average molecular weight is 354 g/mol. The number of halogens is 1. The number of carbonyl (C=O) groups excluding carboxylic acids is 1. The molecule has 0 radical (unpaired) electrons. The molecule has 2 aromatic carbocycles. The maximum absolute atomic E-state index is 13.0. The SMILES string of the molecule is CC(C)c1ccc(C(=O)O[C@@H](C)c2nnc(-c3ccc(F)cc3)o2)cc1. The van der Waals surface area contributed by atoms with E-state index in [9.17, 15) is 9.18 Å². The first-order valence-electron chi connectivity index (χ1n) is 8.34. The van der Waals surface area contributed by atoms with Gasteiger partial charge in [0.2, 0.25) is 5.89 Å². The van der Waals surface area contributed by atoms with E-state index in [4.69, 9.17) is 9.15 Å². The first kappa shape index (κ1) is 17.8. The molecule has 1 aromatic heterocycles. The van der Waals surface area contributed by atoms with Gasteiger partial charge < -0.3 is 9.15 Å². The van der Waals surface area contributed by atoms with Gasteiger partial charge in [0.15, 0.2) is 6.10 Å². The van der Waals surface area contributed by atoms with Crippen molar-refractivity contribution < 1.29 is 18.3 Å². The van der Waals surface area contributed by atoms with Crippen LogP contribution < -0.4 is 0 Å². The highest BCUT2D eigenvalue weighted by molar-refractivity contribution is 5.89. The summed E-state index contributed by atoms with van der Waals surface area (Å²) in [5.41, 5.74) is 2.20. The molecule has 0 fully saturated rings. The van der Waals surface area contributed by atoms with Crippen LogP contribution >= 0.6 is 0 Å². The molecule has 0 spiro atoms. The molecule has 1 heterocycles. The van der Waals surface area contributed by atoms with Crippen molar-refractivity contribution in [2.45, 2.75) is 32.8 Å². The lowest BCUT2D eigenvalue weighted by molar-refractivity contribution is 0.0280. The second-order valence-electron chi connectivity index (χ2n) is 6.28. The van der Waals surface area contributed by atoms with Crippen LogP contribution in [0.2, 0.25) is 0 Å². The Kier molecular flexibility index (Phi) is 5.11. The van der Waals surface area contributed by atoms with Gasteiger partial charge in [0.05, 0.1) is 5.56 Å². The first-order valence-corrected chi connectivity index (χ1v) is 8.34. The van der Waals surface area contributed by atoms with Gasteiger partial charge >= 0.3 is 5.97 Å². The first-order chi connectivity index (χ1) is 12.4. The van der Waals surface area contributed by atoms with E-state index < -0.39 is 12.1 Å². The van der Waals surface area contributed by atoms with Crippen LogP contribution in [0.5, 0.6) is 0 Å². The number of carbonyl (C=O) groups is 1. The summed E-state index contributed by atoms with van der Waals surface area (Å²) in [7, 11) is 0. The molecule has 0 saturated heterocycles. The van der Waals surface area contributed by atoms with Crippen LogP contribution in [0.1, 0.15) is 54.6 Å². The van der Waals surface area contributed by atoms with E-state index in [1.165, 1.54) is 12.1 Å². The van der Waals surface area contributed by atoms with Gasteiger partial charge in [-0.2, -0.15) is 0 Å². The molecule has 134 valence electrons. The molecule has 5 nitrogen and oxygen atoms in total. The summed E-state index contributed by atoms with van der Waals surface area (Å²) in [5.74, 6) is -0.00320. The number of hydrogen-bond acceptors (Lipinski definition) is 5. The minimum absolute atomic E-state index is 0.177. The Bertz CT molecular complexity index is 886. The van der Waals surface area contributed by atoms with Crippen LogP contribution in [-0.4, -0.2) is 16.2 Å². The lowest BCUT2D eigenvalue weighted by Gasteiger charge is -2.10. The molecular formula is C20H19FN2O3. The zero-order valence-electron chi connectivity index (χ0n) is 14.8. The summed E-state index contributed by atoms with van der Waals surface area (Å²) in [6, 6.07) is 13.0. The summed E-state index contributed by atoms with van der Waals surface area (Å²) < 4.78 is 23.9. The third-order valence-corrected chi connectivity index (χ3v) is 3.98. The van der Waals surface area contributed by atoms with Gasteiger partial charge in [0.25, 0.3) is 5.89 Å². The Hall–Kier alpha value is -3.02. The highest BCUT2D eigenvalue weighted by Gasteiger charge is 2.20. The highest BCUT2D eigenvalue weighted by atomic mass is 19.1. The molecule has 0 saturated carbocycles. The monoisotopic (exact) mass is 354 g/mol. The van der Waals surface area contributed by atoms with E-state index in [0.29, 0.717) is 17.0 Å². The third-order valence-electron chi connectivity index (χ3n) is 3.98. The fraction of sp³-hybridized carbons (Fsp3) is 0.250. The lowest BCUT2D eigenvalue weighted by Crippen LogP contribution is -2.09. The van der Waals surface area contributed by atoms with E-state index in [2.05, 4.69) is 24.0 Å². The molecule has 0 bridgehead atoms. The third kappa shape index (κ3) is 3.96. The lowest BCUT2D eigenvalue weighted by atomic mass is 10.0. The zero-order chi connectivity index (χ0) is 18.7. The number of esters is 1. The highest BCUT2D eigenvalue weighted by Crippen LogP contribution is 2.23. The van der Waals surface area contributed by atoms with Crippen molar-refractivity contribution in [2.24, 2.45) is 0 Å². The van der Waals surface area contributed by atoms with Crippen molar-refractivity contribution in [1.29, 1.82) is 0 Å². The van der Waals surface area contributed by atoms with Crippen molar-refractivity contribution in [3.05, 3.63) is 71.4 Å². The molecule has 26 heavy (non-hydrogen) atoms. The van der Waals surface area contributed by atoms with Crippen molar-refractivity contribution in [2.75, 3.05) is 0 Å². The second kappa shape index (κ2) is 7.47. The molecule has 6 heteroatoms. The molecule has 3 aromatic rings. The van der Waals surface area contributed by atoms with Crippen molar-refractivity contribution in [3.8, 4) is 11.5 Å². The van der Waals surface area contributed by atoms with Crippen LogP contribution in [0, 0.1) is 5.82 Å². The quantitative estimate of drug-likeness (QED) is 0.609. The number of rotatable bonds is 5. The number of aromatic nitrogens is 2. The fourth-order valence-corrected chi connectivity index (χ4v) is 2.39. The van der Waals surface area contributed by atoms with Gasteiger partial charge in [0.1, 0.15) is 5.82 Å². The minimum Gasteiger partial charge on any atom is -0.449 e. The summed E-state index contributed by atoms with van der Waals surface area (Å²) in [5, 5.41) is 7.83. The summed E-state index contributed by atoms with van der Waals surface area (Å²) in [6.45, 7) is 5.83. The van der Waals surface area contributed by atoms with E-state index >= 15 is 0 Å². The predicted molar refractivity (Wildman–Crippen MR) is 94.1 cm³/mol. The maximum atomic E-state index is 13.0. The Labute approximate surface area is 150 Å². The topological polar surface area (TPSA) is 65.2 Å². The van der Waals surface area contributed by atoms with Crippen molar-refractivity contribution >= 4 is 5.97 Å². The van der Waals surface area contributed by atoms with Gasteiger partial charge in [-0.3, -0.25) is 0 Å². The Balaban J connectivity index is 1.68. The molecule has 0 aliphatic heterocycles. The molecule has 0 N–H and O–H groups in total. The number of ether oxygens (including phenoxy) is 1. The summed E-state index contributed by atoms with van der Waals surface area (Å²) in [4.78, 5) is 12.3. The van der Waals surface area contributed by atoms with Crippen LogP contribution in [0.25, 0.3) is 11.5 Å². The van der Waals surface area contributed by atoms with Crippen molar-refractivity contribution in [3.63, 3.8) is 0 Å². The molecule has 3 rings (SSSR count). The molecule has 0 unspecified atom stereocenters. The average Bonchev–Trinajstić information content (AvgIpc) is 3.12. The Morgan fingerprint density at radius 3 is 2.27 bits per heavy atom. The van der Waals surface area contributed by atoms with E-state index in [0.717, 1.165) is 5.56 Å². The molecule has 0 aliphatic carbocycles. The maximum Gasteiger partial charge on any atom is 0.338 e. The van der Waals surface area contributed by atoms with Gasteiger partial charge in [-0.05, 0) is 54.8 Å². The van der Waals surface area contributed by atoms with Crippen LogP contribution in [0.15, 0.2) is 52.9 Å². The number of benzene rings is 2. The summed E-state index contributed by atoms with van der Waals surface area (Å²) >= 11 is 0. The molecule has 0 aliphatic rings. The zero-order valence-corrected chi connectivity index (χ0v) is 14.8. The molecular weight excluding hydrogens is 335 g/mol. The Morgan fingerprint density at radius 2 is 1.65 bits per heavy atom. The number of hydrogen-bond donors (Lipinski definition) is 0. The van der Waals surface area contributed by atoms with Crippen LogP contribution in [0.3, 0.4) is 0 Å². The summed E-state index contributed by atoms with van der Waals surface area (Å²) in [6.07, 6.45) is -0.700. The van der Waals surface area contributed by atoms with E-state index in [1.807, 2.05) is 12.1 Å². The van der Waals surface area contributed by atoms with Crippen LogP contribution in [-0.2, 0) is 4.74 Å². The smallest absolute Gasteiger partial charge is 0.338 e. The normalized spacial score (nSPS) is 12.2. The standard InChI is InChI=1S/C20H19FN2O3/c1-12(2)14-4-6-16(7-5-14)20(24)25-13(3)18-22-23-19(26-18)15-8-10-17(21)11-9-15/h4-13H,1-3H3/t13-/m0/s1. The predicted octanol–water partition coefficient (Wildman–Crippen LogP) is 4.92. The van der Waals surface area contributed by atoms with E-state index in [-0.39, 0.29) is 17.6 Å². The second-order valence-corrected chi connectivity index (χ2v) is 6.28.